The second-order valence-corrected chi connectivity index (χ2v) is 6.11. The minimum absolute atomic E-state index is 0.0376. The van der Waals surface area contributed by atoms with Gasteiger partial charge in [0.05, 0.1) is 12.5 Å². The molecule has 0 aliphatic rings. The molecule has 0 saturated carbocycles. The van der Waals surface area contributed by atoms with Crippen LogP contribution in [-0.2, 0) is 4.79 Å². The molecular formula is C13H20BrNO3. The Hall–Kier alpha value is -0.810. The Bertz CT molecular complexity index is 409. The number of aliphatic carboxylic acids is 1. The largest absolute Gasteiger partial charge is 0.481 e. The molecule has 0 aliphatic heterocycles. The zero-order valence-electron chi connectivity index (χ0n) is 11.2. The molecule has 1 aromatic heterocycles. The molecule has 1 heterocycles. The summed E-state index contributed by atoms with van der Waals surface area (Å²) in [7, 11) is 0. The van der Waals surface area contributed by atoms with Gasteiger partial charge < -0.3 is 9.52 Å². The predicted molar refractivity (Wildman–Crippen MR) is 73.5 cm³/mol. The molecule has 0 amide bonds. The molecule has 0 aromatic carbocycles. The Morgan fingerprint density at radius 1 is 1.50 bits per heavy atom. The van der Waals surface area contributed by atoms with E-state index in [9.17, 15) is 4.79 Å². The van der Waals surface area contributed by atoms with Crippen molar-refractivity contribution in [2.45, 2.75) is 45.7 Å². The summed E-state index contributed by atoms with van der Waals surface area (Å²) in [5, 5.41) is 8.83. The van der Waals surface area contributed by atoms with Gasteiger partial charge in [-0.25, -0.2) is 0 Å². The Morgan fingerprint density at radius 3 is 2.50 bits per heavy atom. The molecule has 4 nitrogen and oxygen atoms in total. The molecular weight excluding hydrogens is 298 g/mol. The van der Waals surface area contributed by atoms with Crippen LogP contribution in [0, 0.1) is 0 Å². The van der Waals surface area contributed by atoms with E-state index in [0.717, 1.165) is 5.76 Å². The van der Waals surface area contributed by atoms with Crippen LogP contribution in [0.25, 0.3) is 0 Å². The highest BCUT2D eigenvalue weighted by molar-refractivity contribution is 9.10. The van der Waals surface area contributed by atoms with Crippen molar-refractivity contribution in [1.82, 2.24) is 4.90 Å². The molecule has 1 atom stereocenters. The SMILES string of the molecule is CC(c1ccc(Br)o1)N(CCC(=O)O)C(C)(C)C. The van der Waals surface area contributed by atoms with Gasteiger partial charge in [-0.3, -0.25) is 9.69 Å². The summed E-state index contributed by atoms with van der Waals surface area (Å²) in [6.07, 6.45) is 0.128. The predicted octanol–water partition coefficient (Wildman–Crippen LogP) is 3.68. The molecule has 1 rings (SSSR count). The molecule has 0 aliphatic carbocycles. The first-order valence-electron chi connectivity index (χ1n) is 5.95. The van der Waals surface area contributed by atoms with Gasteiger partial charge in [-0.2, -0.15) is 0 Å². The van der Waals surface area contributed by atoms with Crippen LogP contribution in [-0.4, -0.2) is 28.1 Å². The van der Waals surface area contributed by atoms with E-state index in [4.69, 9.17) is 9.52 Å². The number of hydrogen-bond donors (Lipinski definition) is 1. The zero-order chi connectivity index (χ0) is 13.9. The molecule has 102 valence electrons. The number of halogens is 1. The van der Waals surface area contributed by atoms with E-state index < -0.39 is 5.97 Å². The van der Waals surface area contributed by atoms with Crippen molar-refractivity contribution in [1.29, 1.82) is 0 Å². The minimum atomic E-state index is -0.780. The summed E-state index contributed by atoms with van der Waals surface area (Å²) in [4.78, 5) is 12.9. The van der Waals surface area contributed by atoms with Crippen molar-refractivity contribution in [3.8, 4) is 0 Å². The molecule has 0 bridgehead atoms. The lowest BCUT2D eigenvalue weighted by molar-refractivity contribution is -0.137. The molecule has 1 aromatic rings. The summed E-state index contributed by atoms with van der Waals surface area (Å²) < 4.78 is 6.25. The van der Waals surface area contributed by atoms with Crippen molar-refractivity contribution in [2.24, 2.45) is 0 Å². The van der Waals surface area contributed by atoms with Gasteiger partial charge in [0.15, 0.2) is 4.67 Å². The summed E-state index contributed by atoms with van der Waals surface area (Å²) in [5.74, 6) is 0.0549. The van der Waals surface area contributed by atoms with E-state index in [1.165, 1.54) is 0 Å². The average molecular weight is 318 g/mol. The molecule has 0 spiro atoms. The van der Waals surface area contributed by atoms with Crippen LogP contribution in [0.4, 0.5) is 0 Å². The number of carbonyl (C=O) groups is 1. The first kappa shape index (κ1) is 15.2. The maximum absolute atomic E-state index is 10.7. The van der Waals surface area contributed by atoms with Gasteiger partial charge in [0.25, 0.3) is 0 Å². The highest BCUT2D eigenvalue weighted by Gasteiger charge is 2.29. The maximum Gasteiger partial charge on any atom is 0.304 e. The van der Waals surface area contributed by atoms with Gasteiger partial charge in [0.2, 0.25) is 0 Å². The minimum Gasteiger partial charge on any atom is -0.481 e. The smallest absolute Gasteiger partial charge is 0.304 e. The quantitative estimate of drug-likeness (QED) is 0.900. The topological polar surface area (TPSA) is 53.7 Å². The molecule has 5 heteroatoms. The first-order chi connectivity index (χ1) is 8.21. The van der Waals surface area contributed by atoms with E-state index in [-0.39, 0.29) is 18.0 Å². The molecule has 18 heavy (non-hydrogen) atoms. The van der Waals surface area contributed by atoms with Crippen LogP contribution >= 0.6 is 15.9 Å². The Balaban J connectivity index is 2.85. The molecule has 1 N–H and O–H groups in total. The normalized spacial score (nSPS) is 13.9. The van der Waals surface area contributed by atoms with E-state index in [1.807, 2.05) is 19.1 Å². The van der Waals surface area contributed by atoms with Crippen molar-refractivity contribution in [3.63, 3.8) is 0 Å². The van der Waals surface area contributed by atoms with Gasteiger partial charge >= 0.3 is 5.97 Å². The standard InChI is InChI=1S/C13H20BrNO3/c1-9(10-5-6-11(14)18-10)15(13(2,3)4)8-7-12(16)17/h5-6,9H,7-8H2,1-4H3,(H,16,17). The van der Waals surface area contributed by atoms with Gasteiger partial charge in [-0.05, 0) is 55.8 Å². The fourth-order valence-electron chi connectivity index (χ4n) is 2.03. The van der Waals surface area contributed by atoms with Crippen LogP contribution < -0.4 is 0 Å². The lowest BCUT2D eigenvalue weighted by Gasteiger charge is -2.39. The third-order valence-electron chi connectivity index (χ3n) is 2.90. The Labute approximate surface area is 116 Å². The Morgan fingerprint density at radius 2 is 2.11 bits per heavy atom. The molecule has 0 fully saturated rings. The lowest BCUT2D eigenvalue weighted by atomic mass is 10.0. The van der Waals surface area contributed by atoms with E-state index in [2.05, 4.69) is 41.6 Å². The van der Waals surface area contributed by atoms with Crippen LogP contribution in [0.1, 0.15) is 45.9 Å². The molecule has 0 radical (unpaired) electrons. The summed E-state index contributed by atoms with van der Waals surface area (Å²) >= 11 is 3.28. The molecule has 1 unspecified atom stereocenters. The van der Waals surface area contributed by atoms with Crippen molar-refractivity contribution in [2.75, 3.05) is 6.54 Å². The second-order valence-electron chi connectivity index (χ2n) is 5.33. The fourth-order valence-corrected chi connectivity index (χ4v) is 2.35. The number of carboxylic acids is 1. The van der Waals surface area contributed by atoms with E-state index in [1.54, 1.807) is 0 Å². The maximum atomic E-state index is 10.7. The number of carboxylic acid groups (broad SMARTS) is 1. The highest BCUT2D eigenvalue weighted by Crippen LogP contribution is 2.30. The van der Waals surface area contributed by atoms with Gasteiger partial charge in [-0.1, -0.05) is 0 Å². The Kier molecular flexibility index (Phi) is 4.99. The van der Waals surface area contributed by atoms with E-state index >= 15 is 0 Å². The average Bonchev–Trinajstić information content (AvgIpc) is 2.62. The van der Waals surface area contributed by atoms with Crippen molar-refractivity contribution < 1.29 is 14.3 Å². The van der Waals surface area contributed by atoms with Crippen LogP contribution in [0.2, 0.25) is 0 Å². The number of rotatable bonds is 5. The van der Waals surface area contributed by atoms with Crippen molar-refractivity contribution in [3.05, 3.63) is 22.6 Å². The van der Waals surface area contributed by atoms with E-state index in [0.29, 0.717) is 11.2 Å². The van der Waals surface area contributed by atoms with Gasteiger partial charge in [0, 0.05) is 12.1 Å². The number of nitrogens with zero attached hydrogens (tertiary/aromatic N) is 1. The number of furan rings is 1. The summed E-state index contributed by atoms with van der Waals surface area (Å²) in [6.45, 7) is 8.74. The van der Waals surface area contributed by atoms with Gasteiger partial charge in [-0.15, -0.1) is 0 Å². The van der Waals surface area contributed by atoms with Crippen LogP contribution in [0.15, 0.2) is 21.2 Å². The third kappa shape index (κ3) is 4.14. The van der Waals surface area contributed by atoms with Crippen molar-refractivity contribution >= 4 is 21.9 Å². The zero-order valence-corrected chi connectivity index (χ0v) is 12.8. The highest BCUT2D eigenvalue weighted by atomic mass is 79.9. The number of hydrogen-bond acceptors (Lipinski definition) is 3. The fraction of sp³-hybridized carbons (Fsp3) is 0.615. The molecule has 0 saturated heterocycles. The van der Waals surface area contributed by atoms with Crippen LogP contribution in [0.5, 0.6) is 0 Å². The lowest BCUT2D eigenvalue weighted by Crippen LogP contribution is -2.44. The second kappa shape index (κ2) is 5.89. The van der Waals surface area contributed by atoms with Gasteiger partial charge in [0.1, 0.15) is 5.76 Å². The van der Waals surface area contributed by atoms with Crippen LogP contribution in [0.3, 0.4) is 0 Å². The first-order valence-corrected chi connectivity index (χ1v) is 6.75. The monoisotopic (exact) mass is 317 g/mol. The summed E-state index contributed by atoms with van der Waals surface area (Å²) in [6, 6.07) is 3.80. The third-order valence-corrected chi connectivity index (χ3v) is 3.33. The summed E-state index contributed by atoms with van der Waals surface area (Å²) in [5.41, 5.74) is -0.117.